The molecule has 0 saturated carbocycles. The predicted molar refractivity (Wildman–Crippen MR) is 30.7 cm³/mol. The molecular formula is C6H6F6. The first kappa shape index (κ1) is 11.3. The highest BCUT2D eigenvalue weighted by atomic mass is 19.4. The Morgan fingerprint density at radius 3 is 1.83 bits per heavy atom. The lowest BCUT2D eigenvalue weighted by Gasteiger charge is -2.17. The van der Waals surface area contributed by atoms with E-state index in [4.69, 9.17) is 0 Å². The van der Waals surface area contributed by atoms with Crippen molar-refractivity contribution in [3.8, 4) is 0 Å². The summed E-state index contributed by atoms with van der Waals surface area (Å²) in [5, 5.41) is 0. The molecule has 0 aliphatic rings. The van der Waals surface area contributed by atoms with Crippen LogP contribution in [0.1, 0.15) is 6.42 Å². The van der Waals surface area contributed by atoms with Crippen LogP contribution in [-0.2, 0) is 0 Å². The van der Waals surface area contributed by atoms with Crippen LogP contribution in [0, 0.1) is 0 Å². The average molecular weight is 192 g/mol. The molecule has 0 amide bonds. The first-order chi connectivity index (χ1) is 5.19. The summed E-state index contributed by atoms with van der Waals surface area (Å²) in [5.41, 5.74) is 0. The third-order valence-corrected chi connectivity index (χ3v) is 1.10. The van der Waals surface area contributed by atoms with Gasteiger partial charge in [-0.15, -0.1) is 0 Å². The Labute approximate surface area is 64.9 Å². The van der Waals surface area contributed by atoms with Crippen LogP contribution in [0.15, 0.2) is 12.7 Å². The normalized spacial score (nSPS) is 15.8. The summed E-state index contributed by atoms with van der Waals surface area (Å²) >= 11 is 0. The van der Waals surface area contributed by atoms with Gasteiger partial charge in [0.05, 0.1) is 6.42 Å². The Morgan fingerprint density at radius 1 is 1.17 bits per heavy atom. The van der Waals surface area contributed by atoms with Gasteiger partial charge < -0.3 is 0 Å². The number of allylic oxidation sites excluding steroid dienone is 1. The minimum absolute atomic E-state index is 0.136. The summed E-state index contributed by atoms with van der Waals surface area (Å²) < 4.78 is 70.4. The molecule has 0 heterocycles. The molecule has 6 heteroatoms. The SMILES string of the molecule is C=CC(F)(F)C(F)CC(F)(F)F. The molecule has 72 valence electrons. The largest absolute Gasteiger partial charge is 0.392 e. The van der Waals surface area contributed by atoms with Gasteiger partial charge in [0.15, 0.2) is 6.17 Å². The molecule has 0 aromatic rings. The van der Waals surface area contributed by atoms with Crippen molar-refractivity contribution in [3.05, 3.63) is 12.7 Å². The molecule has 0 saturated heterocycles. The predicted octanol–water partition coefficient (Wildman–Crippen LogP) is 3.10. The molecule has 0 aliphatic heterocycles. The molecule has 0 rings (SSSR count). The maximum absolute atomic E-state index is 12.1. The summed E-state index contributed by atoms with van der Waals surface area (Å²) in [6, 6.07) is 0. The molecule has 0 fully saturated rings. The Hall–Kier alpha value is -0.680. The van der Waals surface area contributed by atoms with Gasteiger partial charge >= 0.3 is 6.18 Å². The number of hydrogen-bond donors (Lipinski definition) is 0. The van der Waals surface area contributed by atoms with Gasteiger partial charge in [-0.3, -0.25) is 0 Å². The molecule has 0 nitrogen and oxygen atoms in total. The highest BCUT2D eigenvalue weighted by molar-refractivity contribution is 4.93. The Bertz CT molecular complexity index is 158. The van der Waals surface area contributed by atoms with Gasteiger partial charge in [0, 0.05) is 0 Å². The lowest BCUT2D eigenvalue weighted by atomic mass is 10.1. The standard InChI is InChI=1S/C6H6F6/c1-2-5(8,9)4(7)3-6(10,11)12/h2,4H,1,3H2. The molecule has 0 aromatic carbocycles. The van der Waals surface area contributed by atoms with Gasteiger partial charge in [0.2, 0.25) is 0 Å². The second-order valence-electron chi connectivity index (χ2n) is 2.17. The van der Waals surface area contributed by atoms with Crippen LogP contribution < -0.4 is 0 Å². The van der Waals surface area contributed by atoms with Crippen molar-refractivity contribution in [2.45, 2.75) is 24.7 Å². The van der Waals surface area contributed by atoms with Crippen molar-refractivity contribution in [2.24, 2.45) is 0 Å². The van der Waals surface area contributed by atoms with Gasteiger partial charge in [-0.05, 0) is 6.08 Å². The first-order valence-corrected chi connectivity index (χ1v) is 2.91. The van der Waals surface area contributed by atoms with E-state index in [1.165, 1.54) is 0 Å². The summed E-state index contributed by atoms with van der Waals surface area (Å²) in [5.74, 6) is -4.12. The molecule has 0 bridgehead atoms. The minimum Gasteiger partial charge on any atom is -0.240 e. The first-order valence-electron chi connectivity index (χ1n) is 2.91. The topological polar surface area (TPSA) is 0 Å². The monoisotopic (exact) mass is 192 g/mol. The van der Waals surface area contributed by atoms with Crippen LogP contribution in [0.3, 0.4) is 0 Å². The molecular weight excluding hydrogens is 186 g/mol. The Kier molecular flexibility index (Phi) is 3.17. The molecule has 12 heavy (non-hydrogen) atoms. The van der Waals surface area contributed by atoms with Crippen LogP contribution >= 0.6 is 0 Å². The van der Waals surface area contributed by atoms with E-state index in [0.717, 1.165) is 0 Å². The van der Waals surface area contributed by atoms with E-state index in [1.54, 1.807) is 0 Å². The minimum atomic E-state index is -4.92. The second kappa shape index (κ2) is 3.37. The van der Waals surface area contributed by atoms with Gasteiger partial charge in [-0.2, -0.15) is 22.0 Å². The van der Waals surface area contributed by atoms with Crippen molar-refractivity contribution in [2.75, 3.05) is 0 Å². The van der Waals surface area contributed by atoms with E-state index in [2.05, 4.69) is 6.58 Å². The zero-order valence-electron chi connectivity index (χ0n) is 5.84. The van der Waals surface area contributed by atoms with Gasteiger partial charge in [-0.25, -0.2) is 4.39 Å². The molecule has 0 spiro atoms. The maximum Gasteiger partial charge on any atom is 0.392 e. The summed E-state index contributed by atoms with van der Waals surface area (Å²) in [6.07, 6.45) is -10.5. The number of rotatable bonds is 3. The van der Waals surface area contributed by atoms with E-state index in [-0.39, 0.29) is 6.08 Å². The van der Waals surface area contributed by atoms with Gasteiger partial charge in [-0.1, -0.05) is 6.58 Å². The van der Waals surface area contributed by atoms with Gasteiger partial charge in [0.1, 0.15) is 0 Å². The van der Waals surface area contributed by atoms with Crippen LogP contribution in [0.2, 0.25) is 0 Å². The summed E-state index contributed by atoms with van der Waals surface area (Å²) in [6.45, 7) is 2.53. The second-order valence-corrected chi connectivity index (χ2v) is 2.17. The van der Waals surface area contributed by atoms with E-state index >= 15 is 0 Å². The fourth-order valence-electron chi connectivity index (χ4n) is 0.467. The van der Waals surface area contributed by atoms with Crippen LogP contribution in [0.5, 0.6) is 0 Å². The van der Waals surface area contributed by atoms with Crippen molar-refractivity contribution in [1.82, 2.24) is 0 Å². The van der Waals surface area contributed by atoms with Crippen LogP contribution in [0.25, 0.3) is 0 Å². The maximum atomic E-state index is 12.1. The van der Waals surface area contributed by atoms with E-state index in [0.29, 0.717) is 0 Å². The lowest BCUT2D eigenvalue weighted by molar-refractivity contribution is -0.168. The van der Waals surface area contributed by atoms with E-state index < -0.39 is 24.7 Å². The Morgan fingerprint density at radius 2 is 1.58 bits per heavy atom. The summed E-state index contributed by atoms with van der Waals surface area (Å²) in [4.78, 5) is 0. The van der Waals surface area contributed by atoms with Crippen LogP contribution in [0.4, 0.5) is 26.3 Å². The van der Waals surface area contributed by atoms with Crippen molar-refractivity contribution in [3.63, 3.8) is 0 Å². The average Bonchev–Trinajstić information content (AvgIpc) is 1.84. The van der Waals surface area contributed by atoms with E-state index in [1.807, 2.05) is 0 Å². The van der Waals surface area contributed by atoms with Crippen LogP contribution in [-0.4, -0.2) is 18.3 Å². The zero-order valence-corrected chi connectivity index (χ0v) is 5.84. The fourth-order valence-corrected chi connectivity index (χ4v) is 0.467. The van der Waals surface area contributed by atoms with Crippen molar-refractivity contribution in [1.29, 1.82) is 0 Å². The highest BCUT2D eigenvalue weighted by Gasteiger charge is 2.44. The molecule has 0 aromatic heterocycles. The zero-order chi connectivity index (χ0) is 9.99. The number of hydrogen-bond acceptors (Lipinski definition) is 0. The Balaban J connectivity index is 4.22. The fraction of sp³-hybridized carbons (Fsp3) is 0.667. The lowest BCUT2D eigenvalue weighted by Crippen LogP contribution is -2.31. The molecule has 0 N–H and O–H groups in total. The molecule has 0 radical (unpaired) electrons. The quantitative estimate of drug-likeness (QED) is 0.476. The number of halogens is 6. The highest BCUT2D eigenvalue weighted by Crippen LogP contribution is 2.32. The third-order valence-electron chi connectivity index (χ3n) is 1.10. The van der Waals surface area contributed by atoms with E-state index in [9.17, 15) is 26.3 Å². The van der Waals surface area contributed by atoms with Crippen molar-refractivity contribution >= 4 is 0 Å². The third kappa shape index (κ3) is 3.64. The summed E-state index contributed by atoms with van der Waals surface area (Å²) in [7, 11) is 0. The molecule has 1 unspecified atom stereocenters. The molecule has 1 atom stereocenters. The van der Waals surface area contributed by atoms with Crippen molar-refractivity contribution < 1.29 is 26.3 Å². The van der Waals surface area contributed by atoms with Gasteiger partial charge in [0.25, 0.3) is 5.92 Å². The number of alkyl halides is 6. The smallest absolute Gasteiger partial charge is 0.240 e. The molecule has 0 aliphatic carbocycles.